The quantitative estimate of drug-likeness (QED) is 0.542. The van der Waals surface area contributed by atoms with Gasteiger partial charge in [0, 0.05) is 16.6 Å². The number of halogens is 2. The Bertz CT molecular complexity index is 1300. The standard InChI is InChI=1S/C19H14F2N4O2S/c1-11-8-13-18(22-10-23-19(13)24-11)12-6-7-16(15(21)9-12)25-28(26,27)17-5-3-2-4-14(17)20/h2-10,25H,1H3,(H,22,23,24). The molecular formula is C19H14F2N4O2S. The molecule has 0 aliphatic heterocycles. The minimum absolute atomic E-state index is 0.289. The molecule has 0 bridgehead atoms. The third-order valence-electron chi connectivity index (χ3n) is 4.17. The average molecular weight is 400 g/mol. The molecule has 0 amide bonds. The number of hydrogen-bond acceptors (Lipinski definition) is 4. The highest BCUT2D eigenvalue weighted by Crippen LogP contribution is 2.29. The van der Waals surface area contributed by atoms with Crippen molar-refractivity contribution in [3.63, 3.8) is 0 Å². The molecule has 4 rings (SSSR count). The van der Waals surface area contributed by atoms with Crippen LogP contribution in [-0.4, -0.2) is 23.4 Å². The van der Waals surface area contributed by atoms with Crippen molar-refractivity contribution in [1.29, 1.82) is 0 Å². The minimum atomic E-state index is -4.27. The summed E-state index contributed by atoms with van der Waals surface area (Å²) in [5, 5.41) is 0.721. The van der Waals surface area contributed by atoms with Gasteiger partial charge in [-0.05, 0) is 37.3 Å². The average Bonchev–Trinajstić information content (AvgIpc) is 3.03. The summed E-state index contributed by atoms with van der Waals surface area (Å²) in [6.45, 7) is 1.87. The van der Waals surface area contributed by atoms with Crippen LogP contribution in [-0.2, 0) is 10.0 Å². The van der Waals surface area contributed by atoms with Gasteiger partial charge in [0.05, 0.1) is 11.4 Å². The van der Waals surface area contributed by atoms with Crippen LogP contribution in [0.25, 0.3) is 22.3 Å². The lowest BCUT2D eigenvalue weighted by Gasteiger charge is -2.11. The first-order valence-electron chi connectivity index (χ1n) is 8.23. The summed E-state index contributed by atoms with van der Waals surface area (Å²) in [7, 11) is -4.27. The monoisotopic (exact) mass is 400 g/mol. The maximum absolute atomic E-state index is 14.6. The molecule has 142 valence electrons. The van der Waals surface area contributed by atoms with Crippen molar-refractivity contribution in [3.8, 4) is 11.3 Å². The number of nitrogens with one attached hydrogen (secondary N) is 2. The van der Waals surface area contributed by atoms with Crippen molar-refractivity contribution in [1.82, 2.24) is 15.0 Å². The summed E-state index contributed by atoms with van der Waals surface area (Å²) in [5.74, 6) is -1.73. The molecule has 4 aromatic rings. The molecule has 0 fully saturated rings. The summed E-state index contributed by atoms with van der Waals surface area (Å²) in [6, 6.07) is 10.7. The number of sulfonamides is 1. The van der Waals surface area contributed by atoms with Gasteiger partial charge >= 0.3 is 0 Å². The summed E-state index contributed by atoms with van der Waals surface area (Å²) in [6.07, 6.45) is 1.36. The van der Waals surface area contributed by atoms with E-state index in [2.05, 4.69) is 19.7 Å². The van der Waals surface area contributed by atoms with Crippen LogP contribution in [0.4, 0.5) is 14.5 Å². The number of nitrogens with zero attached hydrogens (tertiary/aromatic N) is 2. The molecule has 6 nitrogen and oxygen atoms in total. The Labute approximate surface area is 159 Å². The lowest BCUT2D eigenvalue weighted by atomic mass is 10.1. The van der Waals surface area contributed by atoms with Crippen molar-refractivity contribution < 1.29 is 17.2 Å². The van der Waals surface area contributed by atoms with Crippen LogP contribution in [0.5, 0.6) is 0 Å². The second-order valence-electron chi connectivity index (χ2n) is 6.17. The van der Waals surface area contributed by atoms with E-state index in [9.17, 15) is 17.2 Å². The van der Waals surface area contributed by atoms with E-state index in [1.165, 1.54) is 36.7 Å². The number of aromatic amines is 1. The van der Waals surface area contributed by atoms with Crippen LogP contribution in [0, 0.1) is 18.6 Å². The third-order valence-corrected chi connectivity index (χ3v) is 5.57. The van der Waals surface area contributed by atoms with Gasteiger partial charge in [-0.25, -0.2) is 27.2 Å². The van der Waals surface area contributed by atoms with Gasteiger partial charge < -0.3 is 4.98 Å². The maximum atomic E-state index is 14.6. The molecule has 0 aliphatic rings. The lowest BCUT2D eigenvalue weighted by Crippen LogP contribution is -2.15. The number of aryl methyl sites for hydroxylation is 1. The number of benzene rings is 2. The molecule has 2 aromatic heterocycles. The van der Waals surface area contributed by atoms with E-state index in [4.69, 9.17) is 0 Å². The second kappa shape index (κ2) is 6.68. The number of H-pyrrole nitrogens is 1. The van der Waals surface area contributed by atoms with Gasteiger partial charge in [0.15, 0.2) is 0 Å². The highest BCUT2D eigenvalue weighted by atomic mass is 32.2. The van der Waals surface area contributed by atoms with Crippen LogP contribution < -0.4 is 4.72 Å². The summed E-state index contributed by atoms with van der Waals surface area (Å²) in [5.41, 5.74) is 2.18. The molecule has 0 unspecified atom stereocenters. The van der Waals surface area contributed by atoms with Gasteiger partial charge in [-0.3, -0.25) is 4.72 Å². The van der Waals surface area contributed by atoms with Crippen molar-refractivity contribution in [3.05, 3.63) is 72.2 Å². The highest BCUT2D eigenvalue weighted by Gasteiger charge is 2.20. The topological polar surface area (TPSA) is 87.7 Å². The molecule has 9 heteroatoms. The molecule has 2 aromatic carbocycles. The second-order valence-corrected chi connectivity index (χ2v) is 7.82. The Morgan fingerprint density at radius 3 is 2.54 bits per heavy atom. The molecule has 0 aliphatic carbocycles. The molecule has 0 saturated heterocycles. The van der Waals surface area contributed by atoms with E-state index in [1.54, 1.807) is 0 Å². The summed E-state index contributed by atoms with van der Waals surface area (Å²) in [4.78, 5) is 10.9. The third kappa shape index (κ3) is 3.20. The van der Waals surface area contributed by atoms with Gasteiger partial charge in [-0.2, -0.15) is 0 Å². The van der Waals surface area contributed by atoms with Gasteiger partial charge in [0.2, 0.25) is 0 Å². The molecule has 0 saturated carbocycles. The molecular weight excluding hydrogens is 386 g/mol. The molecule has 2 N–H and O–H groups in total. The Balaban J connectivity index is 1.71. The first-order valence-corrected chi connectivity index (χ1v) is 9.71. The van der Waals surface area contributed by atoms with Crippen molar-refractivity contribution >= 4 is 26.7 Å². The Kier molecular flexibility index (Phi) is 4.31. The molecule has 0 atom stereocenters. The van der Waals surface area contributed by atoms with Gasteiger partial charge in [0.1, 0.15) is 28.5 Å². The predicted octanol–water partition coefficient (Wildman–Crippen LogP) is 4.01. The van der Waals surface area contributed by atoms with Crippen LogP contribution in [0.15, 0.2) is 59.8 Å². The zero-order valence-corrected chi connectivity index (χ0v) is 15.4. The van der Waals surface area contributed by atoms with Crippen molar-refractivity contribution in [2.45, 2.75) is 11.8 Å². The Morgan fingerprint density at radius 1 is 1.00 bits per heavy atom. The fraction of sp³-hybridized carbons (Fsp3) is 0.0526. The molecule has 28 heavy (non-hydrogen) atoms. The molecule has 0 spiro atoms. The van der Waals surface area contributed by atoms with E-state index in [0.717, 1.165) is 23.2 Å². The number of anilines is 1. The number of fused-ring (bicyclic) bond motifs is 1. The summed E-state index contributed by atoms with van der Waals surface area (Å²) < 4.78 is 55.2. The van der Waals surface area contributed by atoms with E-state index >= 15 is 0 Å². The minimum Gasteiger partial charge on any atom is -0.343 e. The fourth-order valence-electron chi connectivity index (χ4n) is 2.91. The van der Waals surface area contributed by atoms with Crippen LogP contribution in [0.1, 0.15) is 5.69 Å². The number of hydrogen-bond donors (Lipinski definition) is 2. The van der Waals surface area contributed by atoms with Gasteiger partial charge in [0.25, 0.3) is 10.0 Å². The van der Waals surface area contributed by atoms with Crippen LogP contribution >= 0.6 is 0 Å². The first-order chi connectivity index (χ1) is 13.3. The molecule has 2 heterocycles. The Morgan fingerprint density at radius 2 is 1.79 bits per heavy atom. The van der Waals surface area contributed by atoms with E-state index in [-0.39, 0.29) is 5.69 Å². The first kappa shape index (κ1) is 18.1. The largest absolute Gasteiger partial charge is 0.343 e. The van der Waals surface area contributed by atoms with E-state index < -0.39 is 26.6 Å². The zero-order chi connectivity index (χ0) is 19.9. The van der Waals surface area contributed by atoms with Gasteiger partial charge in [-0.1, -0.05) is 18.2 Å². The number of aromatic nitrogens is 3. The highest BCUT2D eigenvalue weighted by molar-refractivity contribution is 7.92. The SMILES string of the molecule is Cc1cc2c(-c3ccc(NS(=O)(=O)c4ccccc4F)c(F)c3)ncnc2[nH]1. The number of rotatable bonds is 4. The van der Waals surface area contributed by atoms with E-state index in [1.807, 2.05) is 13.0 Å². The van der Waals surface area contributed by atoms with Crippen molar-refractivity contribution in [2.24, 2.45) is 0 Å². The lowest BCUT2D eigenvalue weighted by molar-refractivity contribution is 0.569. The fourth-order valence-corrected chi connectivity index (χ4v) is 4.06. The van der Waals surface area contributed by atoms with E-state index in [0.29, 0.717) is 16.9 Å². The Hall–Kier alpha value is -3.33. The van der Waals surface area contributed by atoms with Crippen LogP contribution in [0.3, 0.4) is 0 Å². The molecule has 0 radical (unpaired) electrons. The maximum Gasteiger partial charge on any atom is 0.264 e. The smallest absolute Gasteiger partial charge is 0.264 e. The van der Waals surface area contributed by atoms with Crippen molar-refractivity contribution in [2.75, 3.05) is 4.72 Å². The zero-order valence-electron chi connectivity index (χ0n) is 14.6. The predicted molar refractivity (Wildman–Crippen MR) is 101 cm³/mol. The van der Waals surface area contributed by atoms with Crippen LogP contribution in [0.2, 0.25) is 0 Å². The van der Waals surface area contributed by atoms with Gasteiger partial charge in [-0.15, -0.1) is 0 Å². The normalized spacial score (nSPS) is 11.7. The summed E-state index contributed by atoms with van der Waals surface area (Å²) >= 11 is 0.